The summed E-state index contributed by atoms with van der Waals surface area (Å²) < 4.78 is 6.14. The molecule has 2 aliphatic rings. The summed E-state index contributed by atoms with van der Waals surface area (Å²) in [6, 6.07) is 7.78. The van der Waals surface area contributed by atoms with Crippen LogP contribution in [0.1, 0.15) is 32.6 Å². The Balaban J connectivity index is 1.76. The lowest BCUT2D eigenvalue weighted by Gasteiger charge is -2.34. The van der Waals surface area contributed by atoms with Gasteiger partial charge in [-0.1, -0.05) is 32.9 Å². The van der Waals surface area contributed by atoms with Gasteiger partial charge in [0.25, 0.3) is 0 Å². The Morgan fingerprint density at radius 1 is 1.04 bits per heavy atom. The van der Waals surface area contributed by atoms with Crippen molar-refractivity contribution >= 4 is 22.6 Å². The predicted octanol–water partition coefficient (Wildman–Crippen LogP) is 3.95. The second-order valence-electron chi connectivity index (χ2n) is 7.34. The van der Waals surface area contributed by atoms with Crippen LogP contribution in [0.4, 0.5) is 5.69 Å². The summed E-state index contributed by atoms with van der Waals surface area (Å²) in [7, 11) is 0. The van der Waals surface area contributed by atoms with Crippen LogP contribution < -0.4 is 10.1 Å². The van der Waals surface area contributed by atoms with Crippen LogP contribution in [0.5, 0.6) is 5.88 Å². The minimum absolute atomic E-state index is 0.119. The molecule has 6 heteroatoms. The molecular weight excluding hydrogens is 314 g/mol. The molecule has 0 aliphatic carbocycles. The number of hydrogen-bond acceptors (Lipinski definition) is 6. The summed E-state index contributed by atoms with van der Waals surface area (Å²) in [4.78, 5) is 18.6. The minimum atomic E-state index is -0.425. The van der Waals surface area contributed by atoms with Gasteiger partial charge in [0.15, 0.2) is 0 Å². The molecule has 25 heavy (non-hydrogen) atoms. The molecule has 0 amide bonds. The highest BCUT2D eigenvalue weighted by Crippen LogP contribution is 2.46. The van der Waals surface area contributed by atoms with Gasteiger partial charge in [-0.2, -0.15) is 0 Å². The predicted molar refractivity (Wildman–Crippen MR) is 96.7 cm³/mol. The van der Waals surface area contributed by atoms with Gasteiger partial charge >= 0.3 is 0 Å². The van der Waals surface area contributed by atoms with Gasteiger partial charge in [-0.25, -0.2) is 15.0 Å². The molecule has 4 heterocycles. The lowest BCUT2D eigenvalue weighted by Crippen LogP contribution is -2.34. The van der Waals surface area contributed by atoms with Gasteiger partial charge in [-0.15, -0.1) is 0 Å². The standard InChI is InChI=1S/C19H17N5O/c1-19(2,3)18-23-13-9-20-8-10-14(13)16(24-18)25-17-15(10)21-11-6-4-5-7-12(11)22-17/h4-9,16H,1-3H3,(H,23,24). The number of rotatable bonds is 0. The van der Waals surface area contributed by atoms with E-state index in [9.17, 15) is 0 Å². The Morgan fingerprint density at radius 2 is 1.80 bits per heavy atom. The van der Waals surface area contributed by atoms with Crippen LogP contribution >= 0.6 is 0 Å². The molecule has 1 atom stereocenters. The second kappa shape index (κ2) is 4.75. The molecule has 2 aromatic heterocycles. The first-order valence-electron chi connectivity index (χ1n) is 8.28. The van der Waals surface area contributed by atoms with Crippen LogP contribution in [0.3, 0.4) is 0 Å². The van der Waals surface area contributed by atoms with Crippen LogP contribution in [0.25, 0.3) is 22.3 Å². The third-order valence-corrected chi connectivity index (χ3v) is 4.46. The molecular formula is C19H17N5O. The Labute approximate surface area is 145 Å². The fourth-order valence-electron chi connectivity index (χ4n) is 3.18. The molecule has 1 unspecified atom stereocenters. The zero-order valence-electron chi connectivity index (χ0n) is 14.2. The molecule has 5 rings (SSSR count). The first-order valence-corrected chi connectivity index (χ1v) is 8.28. The number of amidine groups is 1. The zero-order valence-corrected chi connectivity index (χ0v) is 14.2. The highest BCUT2D eigenvalue weighted by molar-refractivity contribution is 6.02. The van der Waals surface area contributed by atoms with Gasteiger partial charge in [0.2, 0.25) is 12.1 Å². The lowest BCUT2D eigenvalue weighted by molar-refractivity contribution is 0.201. The summed E-state index contributed by atoms with van der Waals surface area (Å²) in [5, 5.41) is 3.40. The topological polar surface area (TPSA) is 72.3 Å². The minimum Gasteiger partial charge on any atom is -0.446 e. The van der Waals surface area contributed by atoms with Crippen molar-refractivity contribution in [3.8, 4) is 17.1 Å². The van der Waals surface area contributed by atoms with Crippen molar-refractivity contribution in [3.05, 3.63) is 42.2 Å². The van der Waals surface area contributed by atoms with E-state index in [0.717, 1.165) is 39.4 Å². The maximum atomic E-state index is 6.14. The highest BCUT2D eigenvalue weighted by atomic mass is 16.5. The van der Waals surface area contributed by atoms with Gasteiger partial charge in [-0.05, 0) is 12.1 Å². The largest absolute Gasteiger partial charge is 0.446 e. The second-order valence-corrected chi connectivity index (χ2v) is 7.34. The van der Waals surface area contributed by atoms with E-state index in [1.165, 1.54) is 0 Å². The molecule has 1 N–H and O–H groups in total. The Hall–Kier alpha value is -3.02. The van der Waals surface area contributed by atoms with Gasteiger partial charge in [0.1, 0.15) is 11.5 Å². The molecule has 2 aliphatic heterocycles. The van der Waals surface area contributed by atoms with Crippen LogP contribution in [-0.4, -0.2) is 20.8 Å². The van der Waals surface area contributed by atoms with Gasteiger partial charge in [-0.3, -0.25) is 4.98 Å². The van der Waals surface area contributed by atoms with E-state index in [4.69, 9.17) is 14.7 Å². The van der Waals surface area contributed by atoms with E-state index in [1.807, 2.05) is 36.7 Å². The number of ether oxygens (including phenoxy) is 1. The van der Waals surface area contributed by atoms with Crippen LogP contribution in [0.2, 0.25) is 0 Å². The molecule has 1 aromatic carbocycles. The summed E-state index contributed by atoms with van der Waals surface area (Å²) in [6.07, 6.45) is 3.21. The van der Waals surface area contributed by atoms with Gasteiger partial charge < -0.3 is 10.1 Å². The van der Waals surface area contributed by atoms with Crippen molar-refractivity contribution in [1.29, 1.82) is 0 Å². The van der Waals surface area contributed by atoms with E-state index in [-0.39, 0.29) is 5.41 Å². The lowest BCUT2D eigenvalue weighted by atomic mass is 9.92. The monoisotopic (exact) mass is 331 g/mol. The number of aliphatic imine (C=N–C) groups is 1. The van der Waals surface area contributed by atoms with Gasteiger partial charge in [0, 0.05) is 17.2 Å². The Bertz CT molecular complexity index is 1050. The van der Waals surface area contributed by atoms with E-state index >= 15 is 0 Å². The fraction of sp³-hybridized carbons (Fsp3) is 0.263. The molecule has 0 fully saturated rings. The number of benzene rings is 1. The molecule has 3 aromatic rings. The number of aromatic nitrogens is 3. The summed E-state index contributed by atoms with van der Waals surface area (Å²) in [5.74, 6) is 1.38. The summed E-state index contributed by atoms with van der Waals surface area (Å²) in [5.41, 5.74) is 5.06. The normalized spacial score (nSPS) is 17.9. The van der Waals surface area contributed by atoms with Crippen LogP contribution in [0, 0.1) is 5.41 Å². The first-order chi connectivity index (χ1) is 12.0. The number of para-hydroxylation sites is 2. The summed E-state index contributed by atoms with van der Waals surface area (Å²) >= 11 is 0. The highest BCUT2D eigenvalue weighted by Gasteiger charge is 2.36. The number of pyridine rings is 1. The van der Waals surface area contributed by atoms with E-state index < -0.39 is 6.23 Å². The Morgan fingerprint density at radius 3 is 2.56 bits per heavy atom. The molecule has 0 saturated heterocycles. The maximum Gasteiger partial charge on any atom is 0.243 e. The number of nitrogens with zero attached hydrogens (tertiary/aromatic N) is 4. The number of anilines is 1. The Kier molecular flexibility index (Phi) is 2.72. The van der Waals surface area contributed by atoms with Crippen molar-refractivity contribution in [2.45, 2.75) is 27.0 Å². The maximum absolute atomic E-state index is 6.14. The fourth-order valence-corrected chi connectivity index (χ4v) is 3.18. The van der Waals surface area contributed by atoms with Crippen molar-refractivity contribution < 1.29 is 4.74 Å². The van der Waals surface area contributed by atoms with E-state index in [2.05, 4.69) is 36.1 Å². The van der Waals surface area contributed by atoms with Gasteiger partial charge in [0.05, 0.1) is 28.5 Å². The number of hydrogen-bond donors (Lipinski definition) is 1. The first kappa shape index (κ1) is 14.3. The van der Waals surface area contributed by atoms with E-state index in [0.29, 0.717) is 5.88 Å². The molecule has 124 valence electrons. The third-order valence-electron chi connectivity index (χ3n) is 4.46. The molecule has 0 spiro atoms. The number of fused-ring (bicyclic) bond motifs is 3. The average molecular weight is 331 g/mol. The van der Waals surface area contributed by atoms with Crippen molar-refractivity contribution in [2.24, 2.45) is 10.4 Å². The van der Waals surface area contributed by atoms with Crippen molar-refractivity contribution in [1.82, 2.24) is 15.0 Å². The SMILES string of the molecule is CC(C)(C)C1=NC2Oc3nc4ccccc4nc3-c3cncc(c32)N1. The summed E-state index contributed by atoms with van der Waals surface area (Å²) in [6.45, 7) is 6.35. The molecule has 6 nitrogen and oxygen atoms in total. The number of nitrogens with one attached hydrogen (secondary N) is 1. The van der Waals surface area contributed by atoms with Crippen molar-refractivity contribution in [2.75, 3.05) is 5.32 Å². The van der Waals surface area contributed by atoms with Crippen LogP contribution in [0.15, 0.2) is 41.7 Å². The zero-order chi connectivity index (χ0) is 17.2. The van der Waals surface area contributed by atoms with Crippen LogP contribution in [-0.2, 0) is 0 Å². The van der Waals surface area contributed by atoms with E-state index in [1.54, 1.807) is 0 Å². The molecule has 0 radical (unpaired) electrons. The average Bonchev–Trinajstić information content (AvgIpc) is 2.59. The van der Waals surface area contributed by atoms with Crippen molar-refractivity contribution in [3.63, 3.8) is 0 Å². The quantitative estimate of drug-likeness (QED) is 0.675. The molecule has 0 bridgehead atoms. The smallest absolute Gasteiger partial charge is 0.243 e. The third kappa shape index (κ3) is 2.10. The molecule has 0 saturated carbocycles.